The summed E-state index contributed by atoms with van der Waals surface area (Å²) in [6.45, 7) is 2.92. The molecule has 0 aromatic carbocycles. The van der Waals surface area contributed by atoms with E-state index in [0.29, 0.717) is 17.3 Å². The summed E-state index contributed by atoms with van der Waals surface area (Å²) in [5.41, 5.74) is 0. The summed E-state index contributed by atoms with van der Waals surface area (Å²) in [6.07, 6.45) is 1.74. The van der Waals surface area contributed by atoms with Crippen molar-refractivity contribution in [3.63, 3.8) is 0 Å². The largest absolute Gasteiger partial charge is 0.252 e. The van der Waals surface area contributed by atoms with E-state index in [4.69, 9.17) is 11.6 Å². The van der Waals surface area contributed by atoms with Crippen LogP contribution in [0.3, 0.4) is 0 Å². The highest BCUT2D eigenvalue weighted by Gasteiger charge is 2.30. The SMILES string of the molecule is Cc1ccc(S(=O)(=O)N2CCCC(Cl)C2)s1. The molecule has 0 N–H and O–H groups in total. The van der Waals surface area contributed by atoms with Gasteiger partial charge in [-0.2, -0.15) is 4.31 Å². The molecule has 1 aliphatic heterocycles. The van der Waals surface area contributed by atoms with Gasteiger partial charge in [-0.05, 0) is 31.9 Å². The van der Waals surface area contributed by atoms with Crippen LogP contribution in [-0.4, -0.2) is 31.2 Å². The summed E-state index contributed by atoms with van der Waals surface area (Å²) < 4.78 is 26.4. The molecule has 1 atom stereocenters. The van der Waals surface area contributed by atoms with Crippen molar-refractivity contribution in [2.24, 2.45) is 0 Å². The van der Waals surface area contributed by atoms with Gasteiger partial charge >= 0.3 is 0 Å². The van der Waals surface area contributed by atoms with Crippen LogP contribution >= 0.6 is 22.9 Å². The third kappa shape index (κ3) is 2.42. The minimum Gasteiger partial charge on any atom is -0.206 e. The third-order valence-corrected chi connectivity index (χ3v) is 6.33. The number of piperidine rings is 1. The van der Waals surface area contributed by atoms with Gasteiger partial charge in [0, 0.05) is 23.3 Å². The molecule has 1 aliphatic rings. The topological polar surface area (TPSA) is 37.4 Å². The molecule has 1 fully saturated rings. The van der Waals surface area contributed by atoms with Crippen LogP contribution in [0.1, 0.15) is 17.7 Å². The number of aryl methyl sites for hydroxylation is 1. The van der Waals surface area contributed by atoms with Crippen LogP contribution in [0.5, 0.6) is 0 Å². The lowest BCUT2D eigenvalue weighted by Crippen LogP contribution is -2.40. The van der Waals surface area contributed by atoms with Crippen LogP contribution in [0, 0.1) is 6.92 Å². The molecule has 90 valence electrons. The molecular weight excluding hydrogens is 266 g/mol. The standard InChI is InChI=1S/C10H14ClNO2S2/c1-8-4-5-10(15-8)16(13,14)12-6-2-3-9(11)7-12/h4-5,9H,2-3,6-7H2,1H3. The fourth-order valence-electron chi connectivity index (χ4n) is 1.79. The van der Waals surface area contributed by atoms with E-state index in [0.717, 1.165) is 17.7 Å². The lowest BCUT2D eigenvalue weighted by Gasteiger charge is -2.28. The Labute approximate surface area is 105 Å². The van der Waals surface area contributed by atoms with Gasteiger partial charge in [-0.25, -0.2) is 8.42 Å². The molecule has 0 amide bonds. The molecule has 0 spiro atoms. The predicted octanol–water partition coefficient (Wildman–Crippen LogP) is 2.45. The number of alkyl halides is 1. The van der Waals surface area contributed by atoms with Gasteiger partial charge < -0.3 is 0 Å². The monoisotopic (exact) mass is 279 g/mol. The summed E-state index contributed by atoms with van der Waals surface area (Å²) in [6, 6.07) is 3.51. The maximum Gasteiger partial charge on any atom is 0.252 e. The minimum atomic E-state index is -3.31. The Morgan fingerprint density at radius 3 is 2.81 bits per heavy atom. The molecule has 0 saturated carbocycles. The van der Waals surface area contributed by atoms with Crippen molar-refractivity contribution < 1.29 is 8.42 Å². The Hall–Kier alpha value is -0.100. The molecule has 1 saturated heterocycles. The number of hydrogen-bond donors (Lipinski definition) is 0. The average molecular weight is 280 g/mol. The highest BCUT2D eigenvalue weighted by Crippen LogP contribution is 2.27. The first-order valence-corrected chi connectivity index (χ1v) is 7.90. The highest BCUT2D eigenvalue weighted by atomic mass is 35.5. The van der Waals surface area contributed by atoms with E-state index in [9.17, 15) is 8.42 Å². The van der Waals surface area contributed by atoms with Crippen LogP contribution in [0.2, 0.25) is 0 Å². The van der Waals surface area contributed by atoms with E-state index in [1.165, 1.54) is 15.6 Å². The van der Waals surface area contributed by atoms with Gasteiger partial charge in [0.05, 0.1) is 0 Å². The Morgan fingerprint density at radius 1 is 1.50 bits per heavy atom. The molecule has 6 heteroatoms. The number of halogens is 1. The Balaban J connectivity index is 2.25. The van der Waals surface area contributed by atoms with Crippen LogP contribution in [0.15, 0.2) is 16.3 Å². The van der Waals surface area contributed by atoms with Crippen LogP contribution < -0.4 is 0 Å². The summed E-state index contributed by atoms with van der Waals surface area (Å²) in [7, 11) is -3.31. The van der Waals surface area contributed by atoms with Gasteiger partial charge in [-0.3, -0.25) is 0 Å². The first-order chi connectivity index (χ1) is 7.50. The summed E-state index contributed by atoms with van der Waals surface area (Å²) in [5.74, 6) is 0. The van der Waals surface area contributed by atoms with Gasteiger partial charge in [-0.1, -0.05) is 0 Å². The fraction of sp³-hybridized carbons (Fsp3) is 0.600. The molecule has 0 aliphatic carbocycles. The van der Waals surface area contributed by atoms with Crippen LogP contribution in [-0.2, 0) is 10.0 Å². The first kappa shape index (κ1) is 12.4. The maximum atomic E-state index is 12.2. The number of nitrogens with zero attached hydrogens (tertiary/aromatic N) is 1. The third-order valence-electron chi connectivity index (χ3n) is 2.64. The van der Waals surface area contributed by atoms with Crippen molar-refractivity contribution in [3.8, 4) is 0 Å². The van der Waals surface area contributed by atoms with Crippen LogP contribution in [0.25, 0.3) is 0 Å². The van der Waals surface area contributed by atoms with Crippen molar-refractivity contribution >= 4 is 33.0 Å². The number of thiophene rings is 1. The number of sulfonamides is 1. The molecule has 3 nitrogen and oxygen atoms in total. The van der Waals surface area contributed by atoms with E-state index in [1.807, 2.05) is 13.0 Å². The van der Waals surface area contributed by atoms with E-state index < -0.39 is 10.0 Å². The van der Waals surface area contributed by atoms with Gasteiger partial charge in [-0.15, -0.1) is 22.9 Å². The van der Waals surface area contributed by atoms with Crippen LogP contribution in [0.4, 0.5) is 0 Å². The Morgan fingerprint density at radius 2 is 2.25 bits per heavy atom. The lowest BCUT2D eigenvalue weighted by atomic mass is 10.2. The number of hydrogen-bond acceptors (Lipinski definition) is 3. The zero-order valence-corrected chi connectivity index (χ0v) is 11.4. The molecule has 2 rings (SSSR count). The van der Waals surface area contributed by atoms with Gasteiger partial charge in [0.15, 0.2) is 0 Å². The predicted molar refractivity (Wildman–Crippen MR) is 66.7 cm³/mol. The fourth-order valence-corrected chi connectivity index (χ4v) is 5.15. The van der Waals surface area contributed by atoms with Gasteiger partial charge in [0.2, 0.25) is 0 Å². The second-order valence-corrected chi connectivity index (χ2v) is 8.04. The Bertz CT molecular complexity index is 469. The van der Waals surface area contributed by atoms with Crippen molar-refractivity contribution in [2.45, 2.75) is 29.4 Å². The molecule has 0 bridgehead atoms. The zero-order chi connectivity index (χ0) is 11.8. The molecule has 0 radical (unpaired) electrons. The molecule has 1 aromatic heterocycles. The second-order valence-electron chi connectivity index (χ2n) is 3.97. The average Bonchev–Trinajstić information content (AvgIpc) is 2.65. The van der Waals surface area contributed by atoms with Crippen molar-refractivity contribution in [1.29, 1.82) is 0 Å². The van der Waals surface area contributed by atoms with E-state index in [2.05, 4.69) is 0 Å². The zero-order valence-electron chi connectivity index (χ0n) is 9.02. The highest BCUT2D eigenvalue weighted by molar-refractivity contribution is 7.91. The molecular formula is C10H14ClNO2S2. The molecule has 1 aromatic rings. The lowest BCUT2D eigenvalue weighted by molar-refractivity contribution is 0.351. The number of rotatable bonds is 2. The van der Waals surface area contributed by atoms with Crippen molar-refractivity contribution in [1.82, 2.24) is 4.31 Å². The summed E-state index contributed by atoms with van der Waals surface area (Å²) in [5, 5.41) is -0.0513. The summed E-state index contributed by atoms with van der Waals surface area (Å²) >= 11 is 7.32. The minimum absolute atomic E-state index is 0.0513. The smallest absolute Gasteiger partial charge is 0.206 e. The van der Waals surface area contributed by atoms with Gasteiger partial charge in [0.25, 0.3) is 10.0 Å². The summed E-state index contributed by atoms with van der Waals surface area (Å²) in [4.78, 5) is 1.01. The van der Waals surface area contributed by atoms with E-state index >= 15 is 0 Å². The quantitative estimate of drug-likeness (QED) is 0.780. The molecule has 1 unspecified atom stereocenters. The van der Waals surface area contributed by atoms with Gasteiger partial charge in [0.1, 0.15) is 4.21 Å². The van der Waals surface area contributed by atoms with Crippen molar-refractivity contribution in [2.75, 3.05) is 13.1 Å². The van der Waals surface area contributed by atoms with Crippen molar-refractivity contribution in [3.05, 3.63) is 17.0 Å². The molecule has 16 heavy (non-hydrogen) atoms. The van der Waals surface area contributed by atoms with E-state index in [1.54, 1.807) is 6.07 Å². The Kier molecular flexibility index (Phi) is 3.59. The van der Waals surface area contributed by atoms with E-state index in [-0.39, 0.29) is 5.38 Å². The first-order valence-electron chi connectivity index (χ1n) is 5.21. The molecule has 2 heterocycles. The maximum absolute atomic E-state index is 12.2. The second kappa shape index (κ2) is 4.64. The normalized spacial score (nSPS) is 23.5.